The van der Waals surface area contributed by atoms with Crippen molar-refractivity contribution in [3.8, 4) is 0 Å². The first-order chi connectivity index (χ1) is 16.0. The van der Waals surface area contributed by atoms with Gasteiger partial charge in [-0.3, -0.25) is 9.59 Å². The predicted octanol–water partition coefficient (Wildman–Crippen LogP) is 3.81. The van der Waals surface area contributed by atoms with Crippen LogP contribution >= 0.6 is 0 Å². The molecule has 33 heavy (non-hydrogen) atoms. The predicted molar refractivity (Wildman–Crippen MR) is 124 cm³/mol. The summed E-state index contributed by atoms with van der Waals surface area (Å²) in [6, 6.07) is 7.59. The summed E-state index contributed by atoms with van der Waals surface area (Å²) in [5.74, 6) is 0.899. The molecule has 3 heterocycles. The lowest BCUT2D eigenvalue weighted by Crippen LogP contribution is -2.27. The van der Waals surface area contributed by atoms with Crippen molar-refractivity contribution in [3.63, 3.8) is 0 Å². The largest absolute Gasteiger partial charge is 0.469 e. The fourth-order valence-corrected chi connectivity index (χ4v) is 4.41. The minimum absolute atomic E-state index is 0.173. The lowest BCUT2D eigenvalue weighted by atomic mass is 9.92. The van der Waals surface area contributed by atoms with Gasteiger partial charge in [-0.25, -0.2) is 9.97 Å². The van der Waals surface area contributed by atoms with E-state index >= 15 is 0 Å². The number of nitrogens with one attached hydrogen (secondary N) is 1. The number of nitrogens with zero attached hydrogens (tertiary/aromatic N) is 4. The maximum Gasteiger partial charge on any atom is 0.307 e. The van der Waals surface area contributed by atoms with Crippen molar-refractivity contribution >= 4 is 29.0 Å². The van der Waals surface area contributed by atoms with Gasteiger partial charge >= 0.3 is 5.97 Å². The summed E-state index contributed by atoms with van der Waals surface area (Å²) in [7, 11) is 3.12. The number of fused-ring (bicyclic) bond motifs is 3. The van der Waals surface area contributed by atoms with Crippen molar-refractivity contribution in [2.75, 3.05) is 14.2 Å². The van der Waals surface area contributed by atoms with E-state index in [2.05, 4.69) is 27.1 Å². The molecule has 8 nitrogen and oxygen atoms in total. The highest BCUT2D eigenvalue weighted by molar-refractivity contribution is 5.92. The number of aromatic nitrogens is 4. The molecular weight excluding hydrogens is 418 g/mol. The molecule has 3 aromatic rings. The number of carbonyl (C=O) groups excluding carboxylic acids is 2. The monoisotopic (exact) mass is 443 g/mol. The molecule has 1 N–H and O–H groups in total. The molecular formula is C25H25N5O3. The van der Waals surface area contributed by atoms with Gasteiger partial charge in [0.25, 0.3) is 5.91 Å². The molecule has 2 aliphatic rings. The van der Waals surface area contributed by atoms with E-state index in [1.54, 1.807) is 18.1 Å². The van der Waals surface area contributed by atoms with Crippen LogP contribution in [0.3, 0.4) is 0 Å². The number of H-pyrrole nitrogens is 1. The van der Waals surface area contributed by atoms with Gasteiger partial charge < -0.3 is 19.2 Å². The number of amides is 1. The number of ether oxygens (including phenoxy) is 1. The van der Waals surface area contributed by atoms with E-state index in [0.29, 0.717) is 30.3 Å². The average Bonchev–Trinajstić information content (AvgIpc) is 3.39. The highest BCUT2D eigenvalue weighted by Gasteiger charge is 2.28. The van der Waals surface area contributed by atoms with Crippen LogP contribution in [0.25, 0.3) is 17.1 Å². The summed E-state index contributed by atoms with van der Waals surface area (Å²) in [5, 5.41) is 0. The van der Waals surface area contributed by atoms with E-state index < -0.39 is 0 Å². The van der Waals surface area contributed by atoms with Gasteiger partial charge in [-0.2, -0.15) is 0 Å². The number of rotatable bonds is 5. The Labute approximate surface area is 191 Å². The van der Waals surface area contributed by atoms with Crippen LogP contribution in [0.15, 0.2) is 59.8 Å². The second-order valence-corrected chi connectivity index (χ2v) is 8.39. The third-order valence-electron chi connectivity index (χ3n) is 6.12. The Morgan fingerprint density at radius 3 is 2.91 bits per heavy atom. The lowest BCUT2D eigenvalue weighted by Gasteiger charge is -2.19. The van der Waals surface area contributed by atoms with Gasteiger partial charge in [0.1, 0.15) is 17.3 Å². The fraction of sp³-hybridized carbons (Fsp3) is 0.280. The van der Waals surface area contributed by atoms with E-state index in [0.717, 1.165) is 23.0 Å². The SMILES string of the molecule is COC(=O)CC1CC2=CC=CCC2=Cc2nc(C(=O)N(C)Cc3nc4ccccc4[nH]3)cn21. The Hall–Kier alpha value is -3.94. The van der Waals surface area contributed by atoms with Crippen LogP contribution in [0.2, 0.25) is 0 Å². The summed E-state index contributed by atoms with van der Waals surface area (Å²) in [6.45, 7) is 0.333. The van der Waals surface area contributed by atoms with E-state index in [4.69, 9.17) is 4.74 Å². The third-order valence-corrected chi connectivity index (χ3v) is 6.12. The summed E-state index contributed by atoms with van der Waals surface area (Å²) >= 11 is 0. The standard InChI is InChI=1S/C25H25N5O3/c1-29(15-22-26-19-9-5-6-10-20(19)27-22)25(32)21-14-30-18(13-24(31)33-2)11-16-7-3-4-8-17(16)12-23(30)28-21/h3-7,9-10,12,14,18H,8,11,13,15H2,1-2H3,(H,26,27). The van der Waals surface area contributed by atoms with Crippen LogP contribution < -0.4 is 0 Å². The second-order valence-electron chi connectivity index (χ2n) is 8.39. The average molecular weight is 444 g/mol. The highest BCUT2D eigenvalue weighted by Crippen LogP contribution is 2.35. The minimum atomic E-state index is -0.287. The quantitative estimate of drug-likeness (QED) is 0.606. The third kappa shape index (κ3) is 4.11. The number of esters is 1. The molecule has 1 amide bonds. The molecule has 1 aliphatic heterocycles. The van der Waals surface area contributed by atoms with Crippen molar-refractivity contribution in [1.29, 1.82) is 0 Å². The van der Waals surface area contributed by atoms with Crippen molar-refractivity contribution < 1.29 is 14.3 Å². The zero-order valence-electron chi connectivity index (χ0n) is 18.6. The zero-order valence-corrected chi connectivity index (χ0v) is 18.6. The van der Waals surface area contributed by atoms with Crippen LogP contribution in [-0.2, 0) is 16.1 Å². The normalized spacial score (nSPS) is 17.0. The summed E-state index contributed by atoms with van der Waals surface area (Å²) < 4.78 is 6.86. The number of carbonyl (C=O) groups is 2. The molecule has 5 rings (SSSR count). The van der Waals surface area contributed by atoms with Crippen molar-refractivity contribution in [2.24, 2.45) is 0 Å². The lowest BCUT2D eigenvalue weighted by molar-refractivity contribution is -0.141. The molecule has 0 spiro atoms. The number of aromatic amines is 1. The second kappa shape index (κ2) is 8.54. The molecule has 0 bridgehead atoms. The molecule has 8 heteroatoms. The molecule has 1 unspecified atom stereocenters. The molecule has 0 fully saturated rings. The van der Waals surface area contributed by atoms with E-state index in [-0.39, 0.29) is 24.3 Å². The summed E-state index contributed by atoms with van der Waals surface area (Å²) in [5.41, 5.74) is 4.49. The molecule has 0 radical (unpaired) electrons. The van der Waals surface area contributed by atoms with Crippen molar-refractivity contribution in [3.05, 3.63) is 77.2 Å². The van der Waals surface area contributed by atoms with Gasteiger partial charge in [0.15, 0.2) is 0 Å². The number of imidazole rings is 2. The Bertz CT molecular complexity index is 1290. The number of para-hydroxylation sites is 2. The Morgan fingerprint density at radius 1 is 1.24 bits per heavy atom. The van der Waals surface area contributed by atoms with Gasteiger partial charge in [-0.15, -0.1) is 0 Å². The van der Waals surface area contributed by atoms with E-state index in [1.165, 1.54) is 12.7 Å². The van der Waals surface area contributed by atoms with Crippen LogP contribution in [-0.4, -0.2) is 50.5 Å². The molecule has 1 aliphatic carbocycles. The number of methoxy groups -OCH3 is 1. The van der Waals surface area contributed by atoms with Gasteiger partial charge in [-0.05, 0) is 42.2 Å². The molecule has 0 saturated heterocycles. The summed E-state index contributed by atoms with van der Waals surface area (Å²) in [4.78, 5) is 39.4. The summed E-state index contributed by atoms with van der Waals surface area (Å²) in [6.07, 6.45) is 11.7. The molecule has 0 saturated carbocycles. The number of benzene rings is 1. The number of hydrogen-bond donors (Lipinski definition) is 1. The maximum atomic E-state index is 13.2. The smallest absolute Gasteiger partial charge is 0.307 e. The maximum absolute atomic E-state index is 13.2. The van der Waals surface area contributed by atoms with Gasteiger partial charge in [-0.1, -0.05) is 30.4 Å². The van der Waals surface area contributed by atoms with E-state index in [9.17, 15) is 9.59 Å². The van der Waals surface area contributed by atoms with Crippen LogP contribution in [0.1, 0.15) is 47.4 Å². The van der Waals surface area contributed by atoms with Crippen LogP contribution in [0.4, 0.5) is 0 Å². The first-order valence-corrected chi connectivity index (χ1v) is 10.9. The minimum Gasteiger partial charge on any atom is -0.469 e. The van der Waals surface area contributed by atoms with Gasteiger partial charge in [0.2, 0.25) is 0 Å². The molecule has 168 valence electrons. The highest BCUT2D eigenvalue weighted by atomic mass is 16.5. The Morgan fingerprint density at radius 2 is 2.09 bits per heavy atom. The first-order valence-electron chi connectivity index (χ1n) is 10.9. The van der Waals surface area contributed by atoms with Crippen molar-refractivity contribution in [1.82, 2.24) is 24.4 Å². The molecule has 2 aromatic heterocycles. The van der Waals surface area contributed by atoms with Crippen LogP contribution in [0, 0.1) is 0 Å². The number of allylic oxidation sites excluding steroid dienone is 5. The van der Waals surface area contributed by atoms with Crippen LogP contribution in [0.5, 0.6) is 0 Å². The Kier molecular flexibility index (Phi) is 5.42. The van der Waals surface area contributed by atoms with Crippen molar-refractivity contribution in [2.45, 2.75) is 31.8 Å². The number of hydrogen-bond acceptors (Lipinski definition) is 5. The fourth-order valence-electron chi connectivity index (χ4n) is 4.41. The van der Waals surface area contributed by atoms with Gasteiger partial charge in [0.05, 0.1) is 31.1 Å². The Balaban J connectivity index is 1.43. The molecule has 1 atom stereocenters. The van der Waals surface area contributed by atoms with Gasteiger partial charge in [0, 0.05) is 19.3 Å². The topological polar surface area (TPSA) is 93.1 Å². The zero-order chi connectivity index (χ0) is 22.9. The molecule has 1 aromatic carbocycles. The first kappa shape index (κ1) is 20.9. The van der Waals surface area contributed by atoms with E-state index in [1.807, 2.05) is 41.0 Å².